The summed E-state index contributed by atoms with van der Waals surface area (Å²) in [6, 6.07) is 8.71. The Balaban J connectivity index is 3.10. The molecular weight excluding hydrogens is 744 g/mol. The predicted octanol–water partition coefficient (Wildman–Crippen LogP) is 6.14. The molecule has 0 saturated carbocycles. The summed E-state index contributed by atoms with van der Waals surface area (Å²) in [6.45, 7) is 20.7. The third kappa shape index (κ3) is 19.5. The van der Waals surface area contributed by atoms with Crippen molar-refractivity contribution in [3.8, 4) is 0 Å². The lowest BCUT2D eigenvalue weighted by atomic mass is 10.1. The summed E-state index contributed by atoms with van der Waals surface area (Å²) in [5.41, 5.74) is 2.14. The Labute approximate surface area is 296 Å². The zero-order chi connectivity index (χ0) is 36.1. The molecule has 0 aliphatic heterocycles. The van der Waals surface area contributed by atoms with E-state index in [1.165, 1.54) is 0 Å². The van der Waals surface area contributed by atoms with Crippen molar-refractivity contribution in [2.24, 2.45) is 11.8 Å². The number of carbonyl (C=O) groups is 2. The van der Waals surface area contributed by atoms with Gasteiger partial charge < -0.3 is 31.0 Å². The molecule has 270 valence electrons. The maximum absolute atomic E-state index is 13.3. The lowest BCUT2D eigenvalue weighted by Crippen LogP contribution is -2.59. The van der Waals surface area contributed by atoms with Crippen LogP contribution >= 0.6 is 6.58 Å². The molecule has 0 aliphatic rings. The van der Waals surface area contributed by atoms with E-state index in [1.807, 2.05) is 50.8 Å². The van der Waals surface area contributed by atoms with Crippen LogP contribution in [0.2, 0.25) is 71.0 Å². The standard InChI is InChI=1S/C29H57O10PS2Si5/c1-24(28(31)34-19-16-26-12-14-27(15-13-26)17-21-40(33)42-41)22-46(10,37-43(3)36-44(4,5)6)39-47(11,38-45(7,8)9)23-25(2)29(32)35-20-18-30/h12-15,24-25,30,43H,16-23H2,1-11H3. The molecule has 0 heterocycles. The zero-order valence-corrected chi connectivity index (χ0v) is 37.8. The average molecular weight is 801 g/mol. The van der Waals surface area contributed by atoms with Crippen LogP contribution in [0, 0.1) is 11.8 Å². The van der Waals surface area contributed by atoms with Crippen LogP contribution in [-0.2, 0) is 73.6 Å². The molecular formula is C29H57O10PS2Si5. The number of carbonyl (C=O) groups excluding carboxylic acids is 2. The fourth-order valence-electron chi connectivity index (χ4n) is 5.30. The second-order valence-electron chi connectivity index (χ2n) is 14.2. The van der Waals surface area contributed by atoms with Gasteiger partial charge >= 0.3 is 29.1 Å². The van der Waals surface area contributed by atoms with E-state index >= 15 is 0 Å². The lowest BCUT2D eigenvalue weighted by molar-refractivity contribution is -0.148. The summed E-state index contributed by atoms with van der Waals surface area (Å²) in [5.74, 6) is -1.74. The maximum atomic E-state index is 13.3. The highest BCUT2D eigenvalue weighted by atomic mass is 32.9. The fourth-order valence-corrected chi connectivity index (χ4v) is 28.4. The predicted molar refractivity (Wildman–Crippen MR) is 205 cm³/mol. The molecule has 18 heteroatoms. The SMILES string of the molecule is CC(C[Si](C)(O[SiH](C)O[Si](C)(C)C)O[Si](C)(CC(C)C(=O)OCCO)O[Si](C)(C)C)C(=O)OCCc1ccc(CCP(=O)=S=S)cc1. The summed E-state index contributed by atoms with van der Waals surface area (Å²) in [7, 11) is -11.4. The highest BCUT2D eigenvalue weighted by Gasteiger charge is 2.49. The molecule has 47 heavy (non-hydrogen) atoms. The quantitative estimate of drug-likeness (QED) is 0.0826. The molecule has 6 unspecified atom stereocenters. The molecule has 0 amide bonds. The lowest BCUT2D eigenvalue weighted by Gasteiger charge is -2.43. The number of esters is 2. The van der Waals surface area contributed by atoms with Crippen LogP contribution in [-0.4, -0.2) is 86.1 Å². The van der Waals surface area contributed by atoms with Gasteiger partial charge in [0, 0.05) is 24.7 Å². The van der Waals surface area contributed by atoms with Crippen molar-refractivity contribution in [1.82, 2.24) is 0 Å². The number of ether oxygens (including phenoxy) is 2. The van der Waals surface area contributed by atoms with E-state index in [9.17, 15) is 14.2 Å². The van der Waals surface area contributed by atoms with E-state index in [2.05, 4.69) is 39.3 Å². The van der Waals surface area contributed by atoms with Crippen molar-refractivity contribution < 1.29 is 45.2 Å². The van der Waals surface area contributed by atoms with Gasteiger partial charge in [0.15, 0.2) is 23.2 Å². The molecule has 10 nitrogen and oxygen atoms in total. The number of hydrogen-bond acceptors (Lipinski definition) is 11. The van der Waals surface area contributed by atoms with Crippen LogP contribution in [0.1, 0.15) is 25.0 Å². The molecule has 1 rings (SSSR count). The summed E-state index contributed by atoms with van der Waals surface area (Å²) in [6.07, 6.45) is 1.84. The molecule has 1 aromatic rings. The second-order valence-corrected chi connectivity index (χ2v) is 36.9. The van der Waals surface area contributed by atoms with Gasteiger partial charge in [-0.15, -0.1) is 0 Å². The van der Waals surface area contributed by atoms with Crippen molar-refractivity contribution in [1.29, 1.82) is 0 Å². The van der Waals surface area contributed by atoms with Crippen molar-refractivity contribution in [3.63, 3.8) is 0 Å². The third-order valence-electron chi connectivity index (χ3n) is 6.71. The van der Waals surface area contributed by atoms with Gasteiger partial charge in [-0.3, -0.25) is 14.2 Å². The Morgan fingerprint density at radius 1 is 0.809 bits per heavy atom. The highest BCUT2D eigenvalue weighted by molar-refractivity contribution is 8.32. The number of rotatable bonds is 22. The van der Waals surface area contributed by atoms with Crippen LogP contribution in [0.25, 0.3) is 0 Å². The summed E-state index contributed by atoms with van der Waals surface area (Å²) in [5, 5.41) is 9.11. The minimum Gasteiger partial charge on any atom is -0.465 e. The molecule has 0 bridgehead atoms. The Morgan fingerprint density at radius 3 is 1.77 bits per heavy atom. The van der Waals surface area contributed by atoms with Crippen molar-refractivity contribution in [2.45, 2.75) is 97.7 Å². The van der Waals surface area contributed by atoms with Crippen molar-refractivity contribution >= 4 is 82.2 Å². The molecule has 0 radical (unpaired) electrons. The monoisotopic (exact) mass is 800 g/mol. The minimum absolute atomic E-state index is 0.0620. The van der Waals surface area contributed by atoms with Crippen LogP contribution in [0.4, 0.5) is 0 Å². The molecule has 1 aromatic carbocycles. The van der Waals surface area contributed by atoms with Crippen LogP contribution in [0.3, 0.4) is 0 Å². The van der Waals surface area contributed by atoms with Crippen molar-refractivity contribution in [2.75, 3.05) is 26.0 Å². The number of benzene rings is 1. The van der Waals surface area contributed by atoms with Crippen molar-refractivity contribution in [3.05, 3.63) is 35.4 Å². The summed E-state index contributed by atoms with van der Waals surface area (Å²) in [4.78, 5) is 25.9. The average Bonchev–Trinajstić information content (AvgIpc) is 2.92. The molecule has 0 saturated heterocycles. The first-order valence-electron chi connectivity index (χ1n) is 16.1. The number of hydrogen-bond donors (Lipinski definition) is 1. The number of aliphatic hydroxyl groups is 1. The molecule has 0 fully saturated rings. The molecule has 0 aliphatic carbocycles. The molecule has 6 atom stereocenters. The highest BCUT2D eigenvalue weighted by Crippen LogP contribution is 2.32. The van der Waals surface area contributed by atoms with Crippen LogP contribution < -0.4 is 0 Å². The molecule has 0 aromatic heterocycles. The number of aryl methyl sites for hydroxylation is 1. The van der Waals surface area contributed by atoms with E-state index < -0.39 is 67.4 Å². The van der Waals surface area contributed by atoms with Gasteiger partial charge in [0.2, 0.25) is 0 Å². The smallest absolute Gasteiger partial charge is 0.318 e. The first-order valence-corrected chi connectivity index (χ1v) is 33.9. The second kappa shape index (κ2) is 20.4. The Kier molecular flexibility index (Phi) is 19.4. The zero-order valence-electron chi connectivity index (χ0n) is 30.1. The summed E-state index contributed by atoms with van der Waals surface area (Å²) >= 11 is 4.79. The third-order valence-corrected chi connectivity index (χ3v) is 27.8. The Hall–Kier alpha value is -0.416. The van der Waals surface area contributed by atoms with E-state index in [0.717, 1.165) is 20.6 Å². The minimum atomic E-state index is -3.13. The topological polar surface area (TPSA) is 127 Å². The normalized spacial score (nSPS) is 17.1. The fraction of sp³-hybridized carbons (Fsp3) is 0.724. The van der Waals surface area contributed by atoms with Crippen LogP contribution in [0.15, 0.2) is 24.3 Å². The van der Waals surface area contributed by atoms with E-state index in [4.69, 9.17) is 42.2 Å². The van der Waals surface area contributed by atoms with Gasteiger partial charge in [-0.1, -0.05) is 38.1 Å². The maximum Gasteiger partial charge on any atom is 0.318 e. The number of aliphatic hydroxyl groups excluding tert-OH is 1. The van der Waals surface area contributed by atoms with Gasteiger partial charge in [-0.05, 0) is 97.2 Å². The van der Waals surface area contributed by atoms with Gasteiger partial charge in [0.25, 0.3) is 9.28 Å². The van der Waals surface area contributed by atoms with Gasteiger partial charge in [0.05, 0.1) is 25.0 Å². The van der Waals surface area contributed by atoms with E-state index in [1.54, 1.807) is 6.92 Å². The molecule has 0 spiro atoms. The van der Waals surface area contributed by atoms with E-state index in [-0.39, 0.29) is 25.8 Å². The van der Waals surface area contributed by atoms with Gasteiger partial charge in [-0.2, -0.15) is 0 Å². The largest absolute Gasteiger partial charge is 0.465 e. The van der Waals surface area contributed by atoms with E-state index in [0.29, 0.717) is 31.1 Å². The first kappa shape index (κ1) is 44.6. The van der Waals surface area contributed by atoms with Crippen LogP contribution in [0.5, 0.6) is 0 Å². The summed E-state index contributed by atoms with van der Waals surface area (Å²) < 4.78 is 49.4. The molecule has 1 N–H and O–H groups in total. The van der Waals surface area contributed by atoms with Gasteiger partial charge in [0.1, 0.15) is 6.61 Å². The first-order chi connectivity index (χ1) is 21.6. The Bertz CT molecular complexity index is 1250. The Morgan fingerprint density at radius 2 is 1.30 bits per heavy atom. The van der Waals surface area contributed by atoms with Gasteiger partial charge in [-0.25, -0.2) is 0 Å².